The first-order valence-electron chi connectivity index (χ1n) is 8.02. The number of phenols is 1. The predicted octanol–water partition coefficient (Wildman–Crippen LogP) is 2.83. The Kier molecular flexibility index (Phi) is 4.88. The lowest BCUT2D eigenvalue weighted by Gasteiger charge is -2.17. The molecule has 1 saturated heterocycles. The molecule has 2 aromatic carbocycles. The number of likely N-dealkylation sites (tertiary alicyclic amines) is 1. The van der Waals surface area contributed by atoms with Gasteiger partial charge in [-0.3, -0.25) is 4.79 Å². The molecular formula is C19H19NO5. The first kappa shape index (κ1) is 16.8. The summed E-state index contributed by atoms with van der Waals surface area (Å²) in [5, 5.41) is 19.5. The molecule has 130 valence electrons. The lowest BCUT2D eigenvalue weighted by Crippen LogP contribution is -2.30. The van der Waals surface area contributed by atoms with E-state index in [2.05, 4.69) is 0 Å². The van der Waals surface area contributed by atoms with Crippen LogP contribution in [-0.4, -0.2) is 40.3 Å². The van der Waals surface area contributed by atoms with Crippen LogP contribution in [0.4, 0.5) is 4.79 Å². The third kappa shape index (κ3) is 3.74. The van der Waals surface area contributed by atoms with E-state index in [0.717, 1.165) is 5.56 Å². The molecule has 1 fully saturated rings. The number of benzene rings is 2. The van der Waals surface area contributed by atoms with Crippen LogP contribution in [0.3, 0.4) is 0 Å². The topological polar surface area (TPSA) is 87.1 Å². The van der Waals surface area contributed by atoms with Gasteiger partial charge in [-0.2, -0.15) is 0 Å². The second kappa shape index (κ2) is 7.25. The fourth-order valence-corrected chi connectivity index (χ4v) is 3.13. The van der Waals surface area contributed by atoms with Crippen LogP contribution in [0.5, 0.6) is 5.75 Å². The van der Waals surface area contributed by atoms with Crippen LogP contribution in [0.25, 0.3) is 0 Å². The summed E-state index contributed by atoms with van der Waals surface area (Å²) in [6.07, 6.45) is -0.548. The molecule has 0 aromatic heterocycles. The molecule has 3 rings (SSSR count). The number of rotatable bonds is 4. The van der Waals surface area contributed by atoms with Crippen LogP contribution < -0.4 is 0 Å². The normalized spacial score (nSPS) is 19.6. The average Bonchev–Trinajstić information content (AvgIpc) is 3.06. The molecule has 2 aromatic rings. The number of nitrogens with zero attached hydrogens (tertiary/aromatic N) is 1. The van der Waals surface area contributed by atoms with E-state index in [0.29, 0.717) is 5.56 Å². The molecule has 25 heavy (non-hydrogen) atoms. The van der Waals surface area contributed by atoms with E-state index in [1.165, 1.54) is 11.0 Å². The zero-order valence-corrected chi connectivity index (χ0v) is 13.5. The number of ether oxygens (including phenoxy) is 1. The molecule has 0 aliphatic carbocycles. The fraction of sp³-hybridized carbons (Fsp3) is 0.263. The molecule has 0 bridgehead atoms. The number of carbonyl (C=O) groups excluding carboxylic acids is 1. The highest BCUT2D eigenvalue weighted by atomic mass is 16.6. The van der Waals surface area contributed by atoms with Crippen molar-refractivity contribution in [3.8, 4) is 5.75 Å². The highest BCUT2D eigenvalue weighted by Gasteiger charge is 2.42. The molecule has 2 N–H and O–H groups in total. The number of aliphatic carboxylic acids is 1. The molecule has 1 aliphatic rings. The predicted molar refractivity (Wildman–Crippen MR) is 90.2 cm³/mol. The highest BCUT2D eigenvalue weighted by molar-refractivity contribution is 5.76. The minimum atomic E-state index is -0.994. The second-order valence-electron chi connectivity index (χ2n) is 6.06. The van der Waals surface area contributed by atoms with Crippen molar-refractivity contribution in [3.05, 3.63) is 65.7 Å². The van der Waals surface area contributed by atoms with Gasteiger partial charge in [-0.25, -0.2) is 4.79 Å². The maximum absolute atomic E-state index is 12.3. The summed E-state index contributed by atoms with van der Waals surface area (Å²) in [7, 11) is 0. The van der Waals surface area contributed by atoms with Crippen molar-refractivity contribution in [2.75, 3.05) is 13.1 Å². The molecular weight excluding hydrogens is 322 g/mol. The quantitative estimate of drug-likeness (QED) is 0.893. The van der Waals surface area contributed by atoms with Crippen molar-refractivity contribution in [2.24, 2.45) is 5.92 Å². The standard InChI is InChI=1S/C19H19NO5/c21-17-9-5-4-8-14(17)15-10-20(11-16(15)18(22)23)19(24)25-12-13-6-2-1-3-7-13/h1-9,15-16,21H,10-12H2,(H,22,23). The molecule has 1 heterocycles. The summed E-state index contributed by atoms with van der Waals surface area (Å²) in [5.41, 5.74) is 1.40. The Morgan fingerprint density at radius 3 is 2.40 bits per heavy atom. The van der Waals surface area contributed by atoms with E-state index < -0.39 is 23.9 Å². The van der Waals surface area contributed by atoms with E-state index in [1.807, 2.05) is 30.3 Å². The molecule has 1 amide bonds. The Morgan fingerprint density at radius 2 is 1.72 bits per heavy atom. The van der Waals surface area contributed by atoms with Crippen molar-refractivity contribution < 1.29 is 24.5 Å². The summed E-state index contributed by atoms with van der Waals surface area (Å²) in [4.78, 5) is 25.3. The highest BCUT2D eigenvalue weighted by Crippen LogP contribution is 2.37. The molecule has 2 unspecified atom stereocenters. The summed E-state index contributed by atoms with van der Waals surface area (Å²) in [6.45, 7) is 0.388. The number of hydrogen-bond donors (Lipinski definition) is 2. The van der Waals surface area contributed by atoms with Crippen LogP contribution in [0.2, 0.25) is 0 Å². The van der Waals surface area contributed by atoms with Gasteiger partial charge in [0.1, 0.15) is 12.4 Å². The van der Waals surface area contributed by atoms with Crippen molar-refractivity contribution in [1.82, 2.24) is 4.90 Å². The van der Waals surface area contributed by atoms with E-state index in [9.17, 15) is 19.8 Å². The fourth-order valence-electron chi connectivity index (χ4n) is 3.13. The third-order valence-electron chi connectivity index (χ3n) is 4.44. The van der Waals surface area contributed by atoms with Gasteiger partial charge in [0.05, 0.1) is 5.92 Å². The van der Waals surface area contributed by atoms with E-state index in [-0.39, 0.29) is 25.4 Å². The lowest BCUT2D eigenvalue weighted by atomic mass is 9.88. The SMILES string of the molecule is O=C(O)C1CN(C(=O)OCc2ccccc2)CC1c1ccccc1O. The number of carbonyl (C=O) groups is 2. The summed E-state index contributed by atoms with van der Waals surface area (Å²) >= 11 is 0. The van der Waals surface area contributed by atoms with E-state index in [1.54, 1.807) is 18.2 Å². The zero-order valence-electron chi connectivity index (χ0n) is 13.5. The van der Waals surface area contributed by atoms with Crippen LogP contribution in [0.1, 0.15) is 17.0 Å². The van der Waals surface area contributed by atoms with Gasteiger partial charge < -0.3 is 19.8 Å². The molecule has 0 spiro atoms. The first-order valence-corrected chi connectivity index (χ1v) is 8.02. The monoisotopic (exact) mass is 341 g/mol. The van der Waals surface area contributed by atoms with Gasteiger partial charge in [0.2, 0.25) is 0 Å². The number of carboxylic acids is 1. The van der Waals surface area contributed by atoms with Gasteiger partial charge in [0.25, 0.3) is 0 Å². The Morgan fingerprint density at radius 1 is 1.04 bits per heavy atom. The van der Waals surface area contributed by atoms with Crippen LogP contribution in [0.15, 0.2) is 54.6 Å². The number of amides is 1. The maximum Gasteiger partial charge on any atom is 0.410 e. The van der Waals surface area contributed by atoms with E-state index >= 15 is 0 Å². The van der Waals surface area contributed by atoms with E-state index in [4.69, 9.17) is 4.74 Å². The van der Waals surface area contributed by atoms with Crippen LogP contribution >= 0.6 is 0 Å². The largest absolute Gasteiger partial charge is 0.508 e. The molecule has 1 aliphatic heterocycles. The molecule has 0 radical (unpaired) electrons. The van der Waals surface area contributed by atoms with Gasteiger partial charge in [-0.15, -0.1) is 0 Å². The van der Waals surface area contributed by atoms with Gasteiger partial charge in [-0.1, -0.05) is 48.5 Å². The van der Waals surface area contributed by atoms with Crippen molar-refractivity contribution in [1.29, 1.82) is 0 Å². The van der Waals surface area contributed by atoms with Crippen molar-refractivity contribution in [2.45, 2.75) is 12.5 Å². The summed E-state index contributed by atoms with van der Waals surface area (Å²) in [5.74, 6) is -2.20. The Hall–Kier alpha value is -3.02. The maximum atomic E-state index is 12.3. The summed E-state index contributed by atoms with van der Waals surface area (Å²) in [6, 6.07) is 15.9. The smallest absolute Gasteiger partial charge is 0.410 e. The number of aromatic hydroxyl groups is 1. The van der Waals surface area contributed by atoms with Crippen LogP contribution in [-0.2, 0) is 16.1 Å². The number of para-hydroxylation sites is 1. The molecule has 2 atom stereocenters. The Balaban J connectivity index is 1.70. The third-order valence-corrected chi connectivity index (χ3v) is 4.44. The second-order valence-corrected chi connectivity index (χ2v) is 6.06. The van der Waals surface area contributed by atoms with Gasteiger partial charge in [-0.05, 0) is 17.2 Å². The molecule has 6 heteroatoms. The number of hydrogen-bond acceptors (Lipinski definition) is 4. The van der Waals surface area contributed by atoms with Crippen molar-refractivity contribution >= 4 is 12.1 Å². The first-order chi connectivity index (χ1) is 12.1. The van der Waals surface area contributed by atoms with Gasteiger partial charge >= 0.3 is 12.1 Å². The Labute approximate surface area is 145 Å². The Bertz CT molecular complexity index is 761. The molecule has 0 saturated carbocycles. The lowest BCUT2D eigenvalue weighted by molar-refractivity contribution is -0.141. The van der Waals surface area contributed by atoms with Gasteiger partial charge in [0, 0.05) is 19.0 Å². The molecule has 6 nitrogen and oxygen atoms in total. The minimum Gasteiger partial charge on any atom is -0.508 e. The average molecular weight is 341 g/mol. The number of phenolic OH excluding ortho intramolecular Hbond substituents is 1. The summed E-state index contributed by atoms with van der Waals surface area (Å²) < 4.78 is 5.29. The van der Waals surface area contributed by atoms with Crippen LogP contribution in [0, 0.1) is 5.92 Å². The number of carboxylic acid groups (broad SMARTS) is 1. The minimum absolute atomic E-state index is 0.0400. The zero-order chi connectivity index (χ0) is 17.8. The van der Waals surface area contributed by atoms with Gasteiger partial charge in [0.15, 0.2) is 0 Å². The van der Waals surface area contributed by atoms with Crippen molar-refractivity contribution in [3.63, 3.8) is 0 Å².